The molecule has 5 nitrogen and oxygen atoms in total. The van der Waals surface area contributed by atoms with Crippen molar-refractivity contribution in [2.24, 2.45) is 0 Å². The van der Waals surface area contributed by atoms with Crippen LogP contribution in [-0.4, -0.2) is 27.1 Å². The Balaban J connectivity index is 1.79. The van der Waals surface area contributed by atoms with Gasteiger partial charge in [0.15, 0.2) is 0 Å². The van der Waals surface area contributed by atoms with Crippen LogP contribution in [0.25, 0.3) is 6.08 Å². The molecule has 0 saturated heterocycles. The standard InChI is InChI=1S/C19H19ClN2O3S/c1-13(11-14-3-6-16(20)7-4-14)19(23)21-17-8-5-15-9-10-22(18(15)12-17)26(2,24)25/h3-8,11-12H,9-10H2,1-2H3,(H,21,23)/b13-11+. The summed E-state index contributed by atoms with van der Waals surface area (Å²) < 4.78 is 25.1. The topological polar surface area (TPSA) is 66.5 Å². The van der Waals surface area contributed by atoms with Gasteiger partial charge in [0.2, 0.25) is 10.0 Å². The largest absolute Gasteiger partial charge is 0.322 e. The van der Waals surface area contributed by atoms with Gasteiger partial charge in [0, 0.05) is 22.8 Å². The molecule has 0 radical (unpaired) electrons. The molecule has 2 aromatic rings. The second-order valence-electron chi connectivity index (χ2n) is 6.26. The van der Waals surface area contributed by atoms with E-state index < -0.39 is 10.0 Å². The number of fused-ring (bicyclic) bond motifs is 1. The van der Waals surface area contributed by atoms with Crippen LogP contribution >= 0.6 is 11.6 Å². The summed E-state index contributed by atoms with van der Waals surface area (Å²) in [6, 6.07) is 12.5. The zero-order chi connectivity index (χ0) is 18.9. The summed E-state index contributed by atoms with van der Waals surface area (Å²) in [4.78, 5) is 12.4. The number of benzene rings is 2. The van der Waals surface area contributed by atoms with Crippen LogP contribution in [0.5, 0.6) is 0 Å². The molecule has 3 rings (SSSR count). The van der Waals surface area contributed by atoms with Crippen LogP contribution in [0.2, 0.25) is 5.02 Å². The number of nitrogens with one attached hydrogen (secondary N) is 1. The van der Waals surface area contributed by atoms with Gasteiger partial charge < -0.3 is 5.32 Å². The van der Waals surface area contributed by atoms with Crippen molar-refractivity contribution < 1.29 is 13.2 Å². The Morgan fingerprint density at radius 2 is 1.88 bits per heavy atom. The maximum absolute atomic E-state index is 12.4. The first kappa shape index (κ1) is 18.5. The second-order valence-corrected chi connectivity index (χ2v) is 8.60. The number of nitrogens with zero attached hydrogens (tertiary/aromatic N) is 1. The number of halogens is 1. The van der Waals surface area contributed by atoms with Crippen molar-refractivity contribution >= 4 is 45.0 Å². The van der Waals surface area contributed by atoms with Gasteiger partial charge in [-0.15, -0.1) is 0 Å². The molecule has 1 aliphatic rings. The normalized spacial score (nSPS) is 14.3. The van der Waals surface area contributed by atoms with E-state index in [2.05, 4.69) is 5.32 Å². The molecule has 0 aromatic heterocycles. The Kier molecular flexibility index (Phi) is 5.07. The lowest BCUT2D eigenvalue weighted by molar-refractivity contribution is -0.112. The minimum atomic E-state index is -3.32. The molecule has 7 heteroatoms. The molecule has 26 heavy (non-hydrogen) atoms. The molecule has 136 valence electrons. The van der Waals surface area contributed by atoms with Crippen molar-refractivity contribution in [3.05, 3.63) is 64.2 Å². The van der Waals surface area contributed by atoms with E-state index in [9.17, 15) is 13.2 Å². The fourth-order valence-corrected chi connectivity index (χ4v) is 3.95. The van der Waals surface area contributed by atoms with Gasteiger partial charge in [-0.25, -0.2) is 8.42 Å². The fourth-order valence-electron chi connectivity index (χ4n) is 2.88. The summed E-state index contributed by atoms with van der Waals surface area (Å²) in [5.74, 6) is -0.246. The fraction of sp³-hybridized carbons (Fsp3) is 0.211. The molecule has 0 unspecified atom stereocenters. The predicted molar refractivity (Wildman–Crippen MR) is 106 cm³/mol. The highest BCUT2D eigenvalue weighted by Crippen LogP contribution is 2.32. The van der Waals surface area contributed by atoms with Crippen molar-refractivity contribution in [3.8, 4) is 0 Å². The summed E-state index contributed by atoms with van der Waals surface area (Å²) in [6.07, 6.45) is 3.63. The van der Waals surface area contributed by atoms with Crippen LogP contribution < -0.4 is 9.62 Å². The van der Waals surface area contributed by atoms with Gasteiger partial charge in [0.1, 0.15) is 0 Å². The third-order valence-corrected chi connectivity index (χ3v) is 5.64. The first-order chi connectivity index (χ1) is 12.2. The second kappa shape index (κ2) is 7.13. The zero-order valence-corrected chi connectivity index (χ0v) is 16.1. The molecular formula is C19H19ClN2O3S. The van der Waals surface area contributed by atoms with Gasteiger partial charge in [-0.1, -0.05) is 29.8 Å². The van der Waals surface area contributed by atoms with Crippen LogP contribution in [0.3, 0.4) is 0 Å². The van der Waals surface area contributed by atoms with E-state index in [1.54, 1.807) is 37.3 Å². The van der Waals surface area contributed by atoms with Crippen molar-refractivity contribution in [1.29, 1.82) is 0 Å². The number of hydrogen-bond donors (Lipinski definition) is 1. The molecule has 2 aromatic carbocycles. The molecule has 1 heterocycles. The number of carbonyl (C=O) groups excluding carboxylic acids is 1. The summed E-state index contributed by atoms with van der Waals surface area (Å²) in [7, 11) is -3.32. The Labute approximate surface area is 158 Å². The van der Waals surface area contributed by atoms with Crippen molar-refractivity contribution in [2.75, 3.05) is 22.4 Å². The van der Waals surface area contributed by atoms with Crippen molar-refractivity contribution in [3.63, 3.8) is 0 Å². The maximum atomic E-state index is 12.4. The summed E-state index contributed by atoms with van der Waals surface area (Å²) in [5.41, 5.74) is 3.56. The predicted octanol–water partition coefficient (Wildman–Crippen LogP) is 3.70. The Morgan fingerprint density at radius 1 is 1.19 bits per heavy atom. The molecule has 1 amide bonds. The number of carbonyl (C=O) groups is 1. The molecule has 0 spiro atoms. The monoisotopic (exact) mass is 390 g/mol. The highest BCUT2D eigenvalue weighted by molar-refractivity contribution is 7.92. The SMILES string of the molecule is C/C(=C\c1ccc(Cl)cc1)C(=O)Nc1ccc2c(c1)N(S(C)(=O)=O)CC2. The minimum Gasteiger partial charge on any atom is -0.322 e. The lowest BCUT2D eigenvalue weighted by Crippen LogP contribution is -2.27. The first-order valence-corrected chi connectivity index (χ1v) is 10.3. The molecule has 0 bridgehead atoms. The number of hydrogen-bond acceptors (Lipinski definition) is 3. The van der Waals surface area contributed by atoms with E-state index in [1.807, 2.05) is 18.2 Å². The first-order valence-electron chi connectivity index (χ1n) is 8.10. The Bertz CT molecular complexity index is 982. The van der Waals surface area contributed by atoms with Gasteiger partial charge in [-0.05, 0) is 54.8 Å². The van der Waals surface area contributed by atoms with Crippen molar-refractivity contribution in [1.82, 2.24) is 0 Å². The van der Waals surface area contributed by atoms with Gasteiger partial charge in [-0.2, -0.15) is 0 Å². The molecule has 0 aliphatic carbocycles. The van der Waals surface area contributed by atoms with Gasteiger partial charge in [0.05, 0.1) is 11.9 Å². The Hall–Kier alpha value is -2.31. The average Bonchev–Trinajstić information content (AvgIpc) is 3.00. The Morgan fingerprint density at radius 3 is 2.54 bits per heavy atom. The third-order valence-electron chi connectivity index (χ3n) is 4.21. The summed E-state index contributed by atoms with van der Waals surface area (Å²) in [5, 5.41) is 3.46. The highest BCUT2D eigenvalue weighted by atomic mass is 35.5. The zero-order valence-electron chi connectivity index (χ0n) is 14.5. The number of rotatable bonds is 4. The van der Waals surface area contributed by atoms with Crippen LogP contribution in [0.15, 0.2) is 48.0 Å². The lowest BCUT2D eigenvalue weighted by Gasteiger charge is -2.17. The summed E-state index contributed by atoms with van der Waals surface area (Å²) in [6.45, 7) is 2.15. The van der Waals surface area contributed by atoms with Crippen LogP contribution in [-0.2, 0) is 21.2 Å². The highest BCUT2D eigenvalue weighted by Gasteiger charge is 2.26. The van der Waals surface area contributed by atoms with E-state index in [-0.39, 0.29) is 5.91 Å². The van der Waals surface area contributed by atoms with Crippen molar-refractivity contribution in [2.45, 2.75) is 13.3 Å². The maximum Gasteiger partial charge on any atom is 0.251 e. The van der Waals surface area contributed by atoms with E-state index in [1.165, 1.54) is 10.6 Å². The third kappa shape index (κ3) is 4.08. The lowest BCUT2D eigenvalue weighted by atomic mass is 10.1. The number of anilines is 2. The van der Waals surface area contributed by atoms with Gasteiger partial charge >= 0.3 is 0 Å². The molecular weight excluding hydrogens is 372 g/mol. The number of amides is 1. The van der Waals surface area contributed by atoms with E-state index in [4.69, 9.17) is 11.6 Å². The quantitative estimate of drug-likeness (QED) is 0.809. The van der Waals surface area contributed by atoms with Gasteiger partial charge in [0.25, 0.3) is 5.91 Å². The van der Waals surface area contributed by atoms with Crippen LogP contribution in [0.4, 0.5) is 11.4 Å². The van der Waals surface area contributed by atoms with Crippen LogP contribution in [0, 0.1) is 0 Å². The molecule has 0 atom stereocenters. The molecule has 1 N–H and O–H groups in total. The van der Waals surface area contributed by atoms with E-state index >= 15 is 0 Å². The molecule has 1 aliphatic heterocycles. The molecule has 0 fully saturated rings. The molecule has 0 saturated carbocycles. The van der Waals surface area contributed by atoms with Gasteiger partial charge in [-0.3, -0.25) is 9.10 Å². The smallest absolute Gasteiger partial charge is 0.251 e. The number of sulfonamides is 1. The van der Waals surface area contributed by atoms with E-state index in [0.717, 1.165) is 11.1 Å². The van der Waals surface area contributed by atoms with E-state index in [0.29, 0.717) is 34.9 Å². The average molecular weight is 391 g/mol. The minimum absolute atomic E-state index is 0.246. The summed E-state index contributed by atoms with van der Waals surface area (Å²) >= 11 is 5.86. The van der Waals surface area contributed by atoms with Crippen LogP contribution in [0.1, 0.15) is 18.1 Å².